The number of thioether (sulfide) groups is 1. The fourth-order valence-electron chi connectivity index (χ4n) is 2.24. The molecule has 0 aromatic carbocycles. The smallest absolute Gasteiger partial charge is 0.129 e. The van der Waals surface area contributed by atoms with Gasteiger partial charge >= 0.3 is 0 Å². The lowest BCUT2D eigenvalue weighted by Crippen LogP contribution is -2.45. The van der Waals surface area contributed by atoms with Crippen LogP contribution in [0.3, 0.4) is 0 Å². The zero-order valence-electron chi connectivity index (χ0n) is 11.4. The van der Waals surface area contributed by atoms with Gasteiger partial charge in [0, 0.05) is 17.8 Å². The van der Waals surface area contributed by atoms with Crippen molar-refractivity contribution in [3.8, 4) is 0 Å². The molecule has 4 nitrogen and oxygen atoms in total. The number of hydrogen-bond donors (Lipinski definition) is 2. The van der Waals surface area contributed by atoms with E-state index < -0.39 is 6.10 Å². The molecule has 1 heterocycles. The highest BCUT2D eigenvalue weighted by molar-refractivity contribution is 8.00. The fraction of sp³-hybridized carbons (Fsp3) is 0.714. The van der Waals surface area contributed by atoms with Gasteiger partial charge in [-0.25, -0.2) is 0 Å². The molecule has 1 unspecified atom stereocenters. The summed E-state index contributed by atoms with van der Waals surface area (Å²) in [7, 11) is 0. The van der Waals surface area contributed by atoms with E-state index in [1.54, 1.807) is 6.26 Å². The molecule has 1 aliphatic rings. The highest BCUT2D eigenvalue weighted by Crippen LogP contribution is 2.42. The Bertz CT molecular complexity index is 346. The summed E-state index contributed by atoms with van der Waals surface area (Å²) in [5.41, 5.74) is 0. The van der Waals surface area contributed by atoms with E-state index in [0.29, 0.717) is 24.5 Å². The fourth-order valence-corrected chi connectivity index (χ4v) is 3.18. The van der Waals surface area contributed by atoms with Crippen LogP contribution in [0.1, 0.15) is 25.0 Å². The van der Waals surface area contributed by atoms with Crippen molar-refractivity contribution in [2.24, 2.45) is 0 Å². The molecule has 1 aromatic heterocycles. The van der Waals surface area contributed by atoms with Crippen molar-refractivity contribution < 1.29 is 14.3 Å². The van der Waals surface area contributed by atoms with Gasteiger partial charge in [-0.1, -0.05) is 6.42 Å². The van der Waals surface area contributed by atoms with Crippen LogP contribution in [0.25, 0.3) is 0 Å². The molecule has 108 valence electrons. The summed E-state index contributed by atoms with van der Waals surface area (Å²) in [5.74, 6) is 0.788. The Morgan fingerprint density at radius 2 is 2.42 bits per heavy atom. The average molecular weight is 285 g/mol. The number of hydrogen-bond acceptors (Lipinski definition) is 5. The molecule has 1 aliphatic carbocycles. The molecular formula is C14H23NO3S. The second-order valence-corrected chi connectivity index (χ2v) is 6.39. The normalized spacial score (nSPS) is 19.1. The Kier molecular flexibility index (Phi) is 5.76. The van der Waals surface area contributed by atoms with Crippen molar-refractivity contribution in [3.63, 3.8) is 0 Å². The summed E-state index contributed by atoms with van der Waals surface area (Å²) in [4.78, 5) is 0. The first-order valence-corrected chi connectivity index (χ1v) is 8.01. The number of nitrogens with one attached hydrogen (secondary N) is 1. The van der Waals surface area contributed by atoms with Crippen LogP contribution in [0.5, 0.6) is 0 Å². The third kappa shape index (κ3) is 4.53. The van der Waals surface area contributed by atoms with E-state index in [4.69, 9.17) is 9.15 Å². The van der Waals surface area contributed by atoms with Crippen LogP contribution in [0.4, 0.5) is 0 Å². The quantitative estimate of drug-likeness (QED) is 0.727. The molecule has 0 bridgehead atoms. The van der Waals surface area contributed by atoms with Gasteiger partial charge in [-0.15, -0.1) is 0 Å². The van der Waals surface area contributed by atoms with Crippen molar-refractivity contribution in [2.45, 2.75) is 36.7 Å². The average Bonchev–Trinajstić information content (AvgIpc) is 2.86. The van der Waals surface area contributed by atoms with Crippen LogP contribution in [-0.4, -0.2) is 41.9 Å². The number of ether oxygens (including phenoxy) is 1. The number of furan rings is 1. The predicted octanol–water partition coefficient (Wildman–Crippen LogP) is 2.03. The lowest BCUT2D eigenvalue weighted by atomic mass is 9.84. The molecule has 2 N–H and O–H groups in total. The minimum Gasteiger partial charge on any atom is -0.467 e. The molecule has 1 aromatic rings. The second-order valence-electron chi connectivity index (χ2n) is 5.12. The molecule has 5 heteroatoms. The third-order valence-corrected chi connectivity index (χ3v) is 5.08. The van der Waals surface area contributed by atoms with Gasteiger partial charge in [-0.05, 0) is 31.2 Å². The standard InChI is InChI=1S/C14H23NO3S/c1-19-14(5-3-6-14)11-15-8-12(16)9-17-10-13-4-2-7-18-13/h2,4,7,12,15-16H,3,5-6,8-11H2,1H3. The maximum atomic E-state index is 9.81. The minimum absolute atomic E-state index is 0.333. The van der Waals surface area contributed by atoms with Gasteiger partial charge in [-0.3, -0.25) is 0 Å². The topological polar surface area (TPSA) is 54.6 Å². The summed E-state index contributed by atoms with van der Waals surface area (Å²) in [6.45, 7) is 2.31. The van der Waals surface area contributed by atoms with Crippen LogP contribution in [0, 0.1) is 0 Å². The SMILES string of the molecule is CSC1(CNCC(O)COCc2ccco2)CCC1. The molecule has 0 aliphatic heterocycles. The maximum absolute atomic E-state index is 9.81. The van der Waals surface area contributed by atoms with Gasteiger partial charge in [0.25, 0.3) is 0 Å². The van der Waals surface area contributed by atoms with Gasteiger partial charge in [-0.2, -0.15) is 11.8 Å². The van der Waals surface area contributed by atoms with E-state index in [1.807, 2.05) is 23.9 Å². The number of rotatable bonds is 9. The van der Waals surface area contributed by atoms with E-state index in [2.05, 4.69) is 11.6 Å². The highest BCUT2D eigenvalue weighted by Gasteiger charge is 2.35. The Morgan fingerprint density at radius 3 is 3.00 bits per heavy atom. The zero-order valence-corrected chi connectivity index (χ0v) is 12.2. The summed E-state index contributed by atoms with van der Waals surface area (Å²) in [6.07, 6.45) is 7.23. The van der Waals surface area contributed by atoms with Gasteiger partial charge in [0.1, 0.15) is 12.4 Å². The molecule has 1 saturated carbocycles. The molecule has 19 heavy (non-hydrogen) atoms. The van der Waals surface area contributed by atoms with Crippen LogP contribution >= 0.6 is 11.8 Å². The van der Waals surface area contributed by atoms with Crippen LogP contribution in [0.15, 0.2) is 22.8 Å². The largest absolute Gasteiger partial charge is 0.467 e. The van der Waals surface area contributed by atoms with E-state index in [9.17, 15) is 5.11 Å². The second kappa shape index (κ2) is 7.33. The number of aliphatic hydroxyl groups excluding tert-OH is 1. The molecule has 1 atom stereocenters. The summed E-state index contributed by atoms with van der Waals surface area (Å²) >= 11 is 1.94. The summed E-state index contributed by atoms with van der Waals surface area (Å²) in [5, 5.41) is 13.2. The minimum atomic E-state index is -0.464. The number of aliphatic hydroxyl groups is 1. The Labute approximate surface area is 118 Å². The van der Waals surface area contributed by atoms with Crippen LogP contribution in [-0.2, 0) is 11.3 Å². The van der Waals surface area contributed by atoms with E-state index in [-0.39, 0.29) is 0 Å². The maximum Gasteiger partial charge on any atom is 0.129 e. The van der Waals surface area contributed by atoms with Crippen molar-refractivity contribution in [2.75, 3.05) is 26.0 Å². The first-order valence-electron chi connectivity index (χ1n) is 6.78. The third-order valence-electron chi connectivity index (χ3n) is 3.66. The molecule has 0 saturated heterocycles. The first-order chi connectivity index (χ1) is 9.24. The monoisotopic (exact) mass is 285 g/mol. The molecular weight excluding hydrogens is 262 g/mol. The first kappa shape index (κ1) is 14.9. The van der Waals surface area contributed by atoms with Crippen LogP contribution in [0.2, 0.25) is 0 Å². The Balaban J connectivity index is 1.53. The summed E-state index contributed by atoms with van der Waals surface area (Å²) < 4.78 is 11.0. The van der Waals surface area contributed by atoms with Gasteiger partial charge in [0.15, 0.2) is 0 Å². The molecule has 0 radical (unpaired) electrons. The molecule has 0 amide bonds. The van der Waals surface area contributed by atoms with E-state index >= 15 is 0 Å². The zero-order chi connectivity index (χ0) is 13.6. The lowest BCUT2D eigenvalue weighted by molar-refractivity contribution is 0.0222. The Morgan fingerprint density at radius 1 is 1.58 bits per heavy atom. The highest BCUT2D eigenvalue weighted by atomic mass is 32.2. The van der Waals surface area contributed by atoms with Crippen molar-refractivity contribution >= 4 is 11.8 Å². The Hall–Kier alpha value is -0.490. The van der Waals surface area contributed by atoms with Crippen molar-refractivity contribution in [1.82, 2.24) is 5.32 Å². The van der Waals surface area contributed by atoms with Crippen molar-refractivity contribution in [1.29, 1.82) is 0 Å². The van der Waals surface area contributed by atoms with Crippen molar-refractivity contribution in [3.05, 3.63) is 24.2 Å². The molecule has 1 fully saturated rings. The van der Waals surface area contributed by atoms with E-state index in [0.717, 1.165) is 12.3 Å². The predicted molar refractivity (Wildman–Crippen MR) is 77.3 cm³/mol. The van der Waals surface area contributed by atoms with Gasteiger partial charge in [0.05, 0.1) is 19.0 Å². The van der Waals surface area contributed by atoms with Gasteiger partial charge < -0.3 is 19.6 Å². The van der Waals surface area contributed by atoms with E-state index in [1.165, 1.54) is 19.3 Å². The molecule has 0 spiro atoms. The summed E-state index contributed by atoms with van der Waals surface area (Å²) in [6, 6.07) is 3.70. The molecule has 2 rings (SSSR count). The van der Waals surface area contributed by atoms with Crippen LogP contribution < -0.4 is 5.32 Å². The lowest BCUT2D eigenvalue weighted by Gasteiger charge is -2.40. The van der Waals surface area contributed by atoms with Gasteiger partial charge in [0.2, 0.25) is 0 Å².